The van der Waals surface area contributed by atoms with Crippen LogP contribution in [0, 0.1) is 10.1 Å². The summed E-state index contributed by atoms with van der Waals surface area (Å²) in [6.45, 7) is 1.86. The Morgan fingerprint density at radius 3 is 2.25 bits per heavy atom. The SMILES string of the molecule is CC(=O)OC[C@H]([C@H](OC(C)=O)c1ccccc1)[N+](=O)[O-]. The van der Waals surface area contributed by atoms with Gasteiger partial charge in [-0.1, -0.05) is 30.3 Å². The molecule has 0 N–H and O–H groups in total. The van der Waals surface area contributed by atoms with E-state index in [1.165, 1.54) is 6.92 Å². The smallest absolute Gasteiger partial charge is 0.303 e. The summed E-state index contributed by atoms with van der Waals surface area (Å²) in [5.74, 6) is -1.28. The van der Waals surface area contributed by atoms with Gasteiger partial charge in [-0.3, -0.25) is 19.7 Å². The van der Waals surface area contributed by atoms with E-state index in [0.717, 1.165) is 6.92 Å². The van der Waals surface area contributed by atoms with Crippen molar-refractivity contribution in [2.75, 3.05) is 6.61 Å². The standard InChI is InChI=1S/C13H15NO6/c1-9(15)19-8-12(14(17)18)13(20-10(2)16)11-6-4-3-5-7-11/h3-7,12-13H,8H2,1-2H3/t12-,13-/m1/s1. The molecule has 0 bridgehead atoms. The van der Waals surface area contributed by atoms with Crippen molar-refractivity contribution in [1.82, 2.24) is 0 Å². The van der Waals surface area contributed by atoms with Crippen molar-refractivity contribution in [3.8, 4) is 0 Å². The van der Waals surface area contributed by atoms with Gasteiger partial charge < -0.3 is 9.47 Å². The number of rotatable bonds is 6. The van der Waals surface area contributed by atoms with Crippen LogP contribution < -0.4 is 0 Å². The molecular formula is C13H15NO6. The molecule has 7 nitrogen and oxygen atoms in total. The van der Waals surface area contributed by atoms with E-state index >= 15 is 0 Å². The van der Waals surface area contributed by atoms with Gasteiger partial charge in [0.1, 0.15) is 0 Å². The number of nitrogens with zero attached hydrogens (tertiary/aromatic N) is 1. The maximum absolute atomic E-state index is 11.1. The van der Waals surface area contributed by atoms with Crippen LogP contribution in [0.25, 0.3) is 0 Å². The van der Waals surface area contributed by atoms with Gasteiger partial charge in [0.05, 0.1) is 0 Å². The number of hydrogen-bond acceptors (Lipinski definition) is 6. The van der Waals surface area contributed by atoms with Crippen molar-refractivity contribution in [2.45, 2.75) is 26.0 Å². The monoisotopic (exact) mass is 281 g/mol. The second kappa shape index (κ2) is 7.22. The van der Waals surface area contributed by atoms with Crippen LogP contribution in [-0.2, 0) is 19.1 Å². The molecule has 0 saturated carbocycles. The van der Waals surface area contributed by atoms with Gasteiger partial charge in [-0.2, -0.15) is 0 Å². The van der Waals surface area contributed by atoms with Gasteiger partial charge in [-0.15, -0.1) is 0 Å². The van der Waals surface area contributed by atoms with Crippen LogP contribution in [0.1, 0.15) is 25.5 Å². The predicted molar refractivity (Wildman–Crippen MR) is 68.4 cm³/mol. The summed E-state index contributed by atoms with van der Waals surface area (Å²) in [6.07, 6.45) is -1.11. The molecule has 108 valence electrons. The summed E-state index contributed by atoms with van der Waals surface area (Å²) >= 11 is 0. The minimum Gasteiger partial charge on any atom is -0.458 e. The van der Waals surface area contributed by atoms with Crippen LogP contribution in [0.5, 0.6) is 0 Å². The van der Waals surface area contributed by atoms with Crippen molar-refractivity contribution < 1.29 is 24.0 Å². The molecular weight excluding hydrogens is 266 g/mol. The Morgan fingerprint density at radius 2 is 1.80 bits per heavy atom. The van der Waals surface area contributed by atoms with E-state index in [2.05, 4.69) is 4.74 Å². The fraction of sp³-hybridized carbons (Fsp3) is 0.385. The summed E-state index contributed by atoms with van der Waals surface area (Å²) in [7, 11) is 0. The number of benzene rings is 1. The third kappa shape index (κ3) is 4.68. The summed E-state index contributed by atoms with van der Waals surface area (Å²) < 4.78 is 9.70. The van der Waals surface area contributed by atoms with Gasteiger partial charge >= 0.3 is 11.9 Å². The molecule has 0 aromatic heterocycles. The maximum Gasteiger partial charge on any atom is 0.303 e. The molecule has 0 aliphatic carbocycles. The highest BCUT2D eigenvalue weighted by molar-refractivity contribution is 5.66. The molecule has 0 radical (unpaired) electrons. The first-order valence-corrected chi connectivity index (χ1v) is 5.91. The van der Waals surface area contributed by atoms with Gasteiger partial charge in [-0.05, 0) is 5.56 Å². The molecule has 1 rings (SSSR count). The average molecular weight is 281 g/mol. The summed E-state index contributed by atoms with van der Waals surface area (Å²) in [5, 5.41) is 11.1. The Hall–Kier alpha value is -2.44. The molecule has 1 aromatic carbocycles. The molecule has 0 spiro atoms. The normalized spacial score (nSPS) is 13.1. The van der Waals surface area contributed by atoms with Crippen molar-refractivity contribution in [1.29, 1.82) is 0 Å². The minimum atomic E-state index is -1.36. The van der Waals surface area contributed by atoms with Crippen LogP contribution in [0.3, 0.4) is 0 Å². The first-order valence-electron chi connectivity index (χ1n) is 5.91. The summed E-state index contributed by atoms with van der Waals surface area (Å²) in [4.78, 5) is 32.4. The molecule has 7 heteroatoms. The van der Waals surface area contributed by atoms with Gasteiger partial charge in [0.2, 0.25) is 0 Å². The third-order valence-corrected chi connectivity index (χ3v) is 2.50. The summed E-state index contributed by atoms with van der Waals surface area (Å²) in [6, 6.07) is 6.95. The Balaban J connectivity index is 3.01. The summed E-state index contributed by atoms with van der Waals surface area (Å²) in [5.41, 5.74) is 0.469. The zero-order valence-corrected chi connectivity index (χ0v) is 11.1. The van der Waals surface area contributed by atoms with Gasteiger partial charge in [0, 0.05) is 18.8 Å². The zero-order valence-electron chi connectivity index (χ0n) is 11.1. The Bertz CT molecular complexity index is 487. The molecule has 0 aliphatic heterocycles. The van der Waals surface area contributed by atoms with Crippen LogP contribution in [-0.4, -0.2) is 29.5 Å². The Labute approximate surface area is 115 Å². The molecule has 0 aliphatic rings. The highest BCUT2D eigenvalue weighted by Gasteiger charge is 2.36. The van der Waals surface area contributed by atoms with E-state index < -0.39 is 35.6 Å². The van der Waals surface area contributed by atoms with Crippen LogP contribution >= 0.6 is 0 Å². The van der Waals surface area contributed by atoms with E-state index in [1.807, 2.05) is 0 Å². The molecule has 0 fully saturated rings. The predicted octanol–water partition coefficient (Wildman–Crippen LogP) is 1.50. The average Bonchev–Trinajstić information content (AvgIpc) is 2.37. The van der Waals surface area contributed by atoms with Gasteiger partial charge in [0.25, 0.3) is 6.04 Å². The fourth-order valence-corrected chi connectivity index (χ4v) is 1.65. The largest absolute Gasteiger partial charge is 0.458 e. The molecule has 0 unspecified atom stereocenters. The third-order valence-electron chi connectivity index (χ3n) is 2.50. The van der Waals surface area contributed by atoms with E-state index in [0.29, 0.717) is 5.56 Å². The van der Waals surface area contributed by atoms with E-state index in [-0.39, 0.29) is 0 Å². The number of carbonyl (C=O) groups excluding carboxylic acids is 2. The van der Waals surface area contributed by atoms with Crippen molar-refractivity contribution in [2.24, 2.45) is 0 Å². The molecule has 0 heterocycles. The lowest BCUT2D eigenvalue weighted by atomic mass is 10.0. The minimum absolute atomic E-state index is 0.463. The fourth-order valence-electron chi connectivity index (χ4n) is 1.65. The molecule has 1 aromatic rings. The van der Waals surface area contributed by atoms with Crippen LogP contribution in [0.4, 0.5) is 0 Å². The lowest BCUT2D eigenvalue weighted by molar-refractivity contribution is -0.538. The number of esters is 2. The highest BCUT2D eigenvalue weighted by atomic mass is 16.6. The first kappa shape index (κ1) is 15.6. The highest BCUT2D eigenvalue weighted by Crippen LogP contribution is 2.23. The number of ether oxygens (including phenoxy) is 2. The quantitative estimate of drug-likeness (QED) is 0.445. The van der Waals surface area contributed by atoms with Crippen LogP contribution in [0.2, 0.25) is 0 Å². The van der Waals surface area contributed by atoms with E-state index in [1.54, 1.807) is 30.3 Å². The Kier molecular flexibility index (Phi) is 5.64. The maximum atomic E-state index is 11.1. The lowest BCUT2D eigenvalue weighted by Crippen LogP contribution is -2.35. The second-order valence-electron chi connectivity index (χ2n) is 4.10. The second-order valence-corrected chi connectivity index (χ2v) is 4.10. The first-order chi connectivity index (χ1) is 9.41. The van der Waals surface area contributed by atoms with Gasteiger partial charge in [0.15, 0.2) is 12.7 Å². The zero-order chi connectivity index (χ0) is 15.1. The van der Waals surface area contributed by atoms with Crippen LogP contribution in [0.15, 0.2) is 30.3 Å². The molecule has 2 atom stereocenters. The molecule has 0 saturated heterocycles. The number of hydrogen-bond donors (Lipinski definition) is 0. The van der Waals surface area contributed by atoms with Crippen molar-refractivity contribution in [3.63, 3.8) is 0 Å². The van der Waals surface area contributed by atoms with Crippen molar-refractivity contribution in [3.05, 3.63) is 46.0 Å². The number of carbonyl (C=O) groups is 2. The topological polar surface area (TPSA) is 95.7 Å². The van der Waals surface area contributed by atoms with E-state index in [4.69, 9.17) is 4.74 Å². The molecule has 20 heavy (non-hydrogen) atoms. The Morgan fingerprint density at radius 1 is 1.20 bits per heavy atom. The van der Waals surface area contributed by atoms with E-state index in [9.17, 15) is 19.7 Å². The van der Waals surface area contributed by atoms with Gasteiger partial charge in [-0.25, -0.2) is 0 Å². The number of nitro groups is 1. The van der Waals surface area contributed by atoms with Crippen molar-refractivity contribution >= 4 is 11.9 Å². The molecule has 0 amide bonds. The lowest BCUT2D eigenvalue weighted by Gasteiger charge is -2.20.